The van der Waals surface area contributed by atoms with Crippen LogP contribution in [-0.4, -0.2) is 37.0 Å². The van der Waals surface area contributed by atoms with Crippen molar-refractivity contribution in [1.82, 2.24) is 10.6 Å². The Morgan fingerprint density at radius 2 is 1.23 bits per heavy atom. The lowest BCUT2D eigenvalue weighted by Gasteiger charge is -2.25. The molecule has 1 aliphatic carbocycles. The van der Waals surface area contributed by atoms with E-state index >= 15 is 0 Å². The predicted octanol–water partition coefficient (Wildman–Crippen LogP) is 5.42. The lowest BCUT2D eigenvalue weighted by Crippen LogP contribution is -2.35. The minimum atomic E-state index is -0.0930. The first kappa shape index (κ1) is 25.5. The fraction of sp³-hybridized carbons (Fsp3) is 0.333. The summed E-state index contributed by atoms with van der Waals surface area (Å²) in [5, 5.41) is 12.6. The van der Waals surface area contributed by atoms with Gasteiger partial charge in [0.05, 0.1) is 12.1 Å². The number of hydrogen-bond acceptors (Lipinski definition) is 4. The van der Waals surface area contributed by atoms with Crippen molar-refractivity contribution in [2.24, 2.45) is 0 Å². The van der Waals surface area contributed by atoms with E-state index in [2.05, 4.69) is 81.9 Å². The minimum Gasteiger partial charge on any atom is -0.325 e. The maximum Gasteiger partial charge on any atom is 0.241 e. The normalized spacial score (nSPS) is 24.4. The monoisotopic (exact) mass is 520 g/mol. The number of carbonyl (C=O) groups excluding carboxylic acids is 2. The highest BCUT2D eigenvalue weighted by Gasteiger charge is 2.33. The number of amides is 2. The van der Waals surface area contributed by atoms with Gasteiger partial charge >= 0.3 is 0 Å². The second kappa shape index (κ2) is 11.6. The molecule has 0 spiro atoms. The quantitative estimate of drug-likeness (QED) is 0.335. The van der Waals surface area contributed by atoms with Crippen LogP contribution in [0, 0.1) is 0 Å². The van der Waals surface area contributed by atoms with Crippen LogP contribution < -0.4 is 21.3 Å². The molecule has 3 aromatic carbocycles. The Labute approximate surface area is 230 Å². The number of hydrogen-bond donors (Lipinski definition) is 4. The maximum absolute atomic E-state index is 12.5. The van der Waals surface area contributed by atoms with Gasteiger partial charge in [-0.1, -0.05) is 60.7 Å². The molecular formula is C33H36N4O2. The first-order valence-electron chi connectivity index (χ1n) is 14.2. The summed E-state index contributed by atoms with van der Waals surface area (Å²) in [6, 6.07) is 27.1. The van der Waals surface area contributed by atoms with Crippen LogP contribution in [0.25, 0.3) is 5.57 Å². The average Bonchev–Trinajstić information content (AvgIpc) is 3.77. The third-order valence-electron chi connectivity index (χ3n) is 8.33. The molecule has 6 nitrogen and oxygen atoms in total. The number of benzene rings is 3. The maximum atomic E-state index is 12.5. The van der Waals surface area contributed by atoms with Crippen LogP contribution in [0.15, 0.2) is 84.9 Å². The summed E-state index contributed by atoms with van der Waals surface area (Å²) in [6.45, 7) is 1.81. The van der Waals surface area contributed by atoms with E-state index in [1.54, 1.807) is 0 Å². The van der Waals surface area contributed by atoms with Crippen molar-refractivity contribution in [2.45, 2.75) is 56.0 Å². The Kier molecular flexibility index (Phi) is 7.57. The molecular weight excluding hydrogens is 484 g/mol. The zero-order valence-corrected chi connectivity index (χ0v) is 22.2. The summed E-state index contributed by atoms with van der Waals surface area (Å²) in [5.74, 6) is 0.613. The van der Waals surface area contributed by atoms with Gasteiger partial charge in [-0.05, 0) is 97.6 Å². The molecule has 6 rings (SSSR count). The van der Waals surface area contributed by atoms with E-state index < -0.39 is 0 Å². The molecule has 0 radical (unpaired) electrons. The Bertz CT molecular complexity index is 1320. The predicted molar refractivity (Wildman–Crippen MR) is 157 cm³/mol. The Morgan fingerprint density at radius 3 is 1.77 bits per heavy atom. The summed E-state index contributed by atoms with van der Waals surface area (Å²) < 4.78 is 0. The minimum absolute atomic E-state index is 0.0432. The Balaban J connectivity index is 1.19. The molecule has 2 amide bonds. The Hall–Kier alpha value is -3.74. The molecule has 200 valence electrons. The standard InChI is InChI=1S/C33H36N4O2/c38-32(29-8-4-20-34-29)36-25-14-10-22(11-15-25)27-18-19-28(31(27)24-6-2-1-3-7-24)23-12-16-26(17-13-23)37-33(39)30-9-5-21-35-30/h1-3,6-7,10-18,28-31,34-35H,4-5,8-9,19-21H2,(H,36,38)(H,37,39)/t28?,29-,30?,31?/m0/s1. The molecule has 2 fully saturated rings. The summed E-state index contributed by atoms with van der Waals surface area (Å²) in [4.78, 5) is 25.1. The van der Waals surface area contributed by atoms with Gasteiger partial charge in [0, 0.05) is 17.3 Å². The average molecular weight is 521 g/mol. The van der Waals surface area contributed by atoms with Crippen molar-refractivity contribution in [3.63, 3.8) is 0 Å². The van der Waals surface area contributed by atoms with E-state index in [0.717, 1.165) is 56.6 Å². The Morgan fingerprint density at radius 1 is 0.667 bits per heavy atom. The molecule has 6 heteroatoms. The molecule has 2 aliphatic heterocycles. The summed E-state index contributed by atoms with van der Waals surface area (Å²) >= 11 is 0. The lowest BCUT2D eigenvalue weighted by atomic mass is 9.79. The molecule has 3 aromatic rings. The highest BCUT2D eigenvalue weighted by molar-refractivity contribution is 5.95. The summed E-state index contributed by atoms with van der Waals surface area (Å²) in [5.41, 5.74) is 6.71. The summed E-state index contributed by atoms with van der Waals surface area (Å²) in [7, 11) is 0. The summed E-state index contributed by atoms with van der Waals surface area (Å²) in [6.07, 6.45) is 7.18. The molecule has 3 unspecified atom stereocenters. The smallest absolute Gasteiger partial charge is 0.241 e. The van der Waals surface area contributed by atoms with Gasteiger partial charge in [-0.25, -0.2) is 0 Å². The van der Waals surface area contributed by atoms with E-state index in [4.69, 9.17) is 0 Å². The second-order valence-corrected chi connectivity index (χ2v) is 10.9. The topological polar surface area (TPSA) is 82.3 Å². The van der Waals surface area contributed by atoms with Crippen LogP contribution in [0.1, 0.15) is 60.6 Å². The number of carbonyl (C=O) groups is 2. The first-order valence-corrected chi connectivity index (χ1v) is 14.2. The van der Waals surface area contributed by atoms with Crippen molar-refractivity contribution in [3.8, 4) is 0 Å². The zero-order chi connectivity index (χ0) is 26.6. The van der Waals surface area contributed by atoms with Gasteiger partial charge in [0.15, 0.2) is 0 Å². The van der Waals surface area contributed by atoms with Gasteiger partial charge < -0.3 is 21.3 Å². The van der Waals surface area contributed by atoms with E-state index in [1.165, 1.54) is 22.3 Å². The van der Waals surface area contributed by atoms with Crippen molar-refractivity contribution in [3.05, 3.63) is 102 Å². The number of allylic oxidation sites excluding steroid dienone is 2. The third-order valence-corrected chi connectivity index (χ3v) is 8.33. The van der Waals surface area contributed by atoms with Gasteiger partial charge in [-0.2, -0.15) is 0 Å². The highest BCUT2D eigenvalue weighted by atomic mass is 16.2. The molecule has 39 heavy (non-hydrogen) atoms. The number of rotatable bonds is 7. The van der Waals surface area contributed by atoms with Gasteiger partial charge in [0.2, 0.25) is 11.8 Å². The van der Waals surface area contributed by atoms with E-state index in [0.29, 0.717) is 5.92 Å². The van der Waals surface area contributed by atoms with Crippen LogP contribution in [0.4, 0.5) is 11.4 Å². The molecule has 0 bridgehead atoms. The van der Waals surface area contributed by atoms with Crippen molar-refractivity contribution in [2.75, 3.05) is 23.7 Å². The zero-order valence-electron chi connectivity index (χ0n) is 22.2. The molecule has 4 N–H and O–H groups in total. The van der Waals surface area contributed by atoms with Crippen LogP contribution in [-0.2, 0) is 9.59 Å². The molecule has 2 heterocycles. The molecule has 0 aromatic heterocycles. The van der Waals surface area contributed by atoms with Crippen molar-refractivity contribution < 1.29 is 9.59 Å². The van der Waals surface area contributed by atoms with E-state index in [9.17, 15) is 9.59 Å². The van der Waals surface area contributed by atoms with Crippen LogP contribution in [0.3, 0.4) is 0 Å². The van der Waals surface area contributed by atoms with Crippen molar-refractivity contribution >= 4 is 28.8 Å². The van der Waals surface area contributed by atoms with Gasteiger partial charge in [-0.15, -0.1) is 0 Å². The molecule has 3 aliphatic rings. The van der Waals surface area contributed by atoms with E-state index in [1.807, 2.05) is 24.3 Å². The van der Waals surface area contributed by atoms with Crippen LogP contribution in [0.2, 0.25) is 0 Å². The van der Waals surface area contributed by atoms with Gasteiger partial charge in [0.25, 0.3) is 0 Å². The van der Waals surface area contributed by atoms with Crippen molar-refractivity contribution in [1.29, 1.82) is 0 Å². The van der Waals surface area contributed by atoms with Crippen LogP contribution >= 0.6 is 0 Å². The fourth-order valence-electron chi connectivity index (χ4n) is 6.27. The SMILES string of the molecule is O=C(Nc1ccc(C2CC=C(c3ccc(NC(=O)[C@@H]4CCCN4)cc3)C2c2ccccc2)cc1)C1CCCN1. The third kappa shape index (κ3) is 5.68. The number of anilines is 2. The van der Waals surface area contributed by atoms with E-state index in [-0.39, 0.29) is 29.8 Å². The first-order chi connectivity index (χ1) is 19.2. The fourth-order valence-corrected chi connectivity index (χ4v) is 6.27. The van der Waals surface area contributed by atoms with Gasteiger partial charge in [0.1, 0.15) is 0 Å². The van der Waals surface area contributed by atoms with Gasteiger partial charge in [-0.3, -0.25) is 9.59 Å². The highest BCUT2D eigenvalue weighted by Crippen LogP contribution is 2.50. The second-order valence-electron chi connectivity index (χ2n) is 10.9. The molecule has 0 saturated carbocycles. The molecule has 4 atom stereocenters. The largest absolute Gasteiger partial charge is 0.325 e. The lowest BCUT2D eigenvalue weighted by molar-refractivity contribution is -0.118. The molecule has 2 saturated heterocycles. The van der Waals surface area contributed by atoms with Crippen LogP contribution in [0.5, 0.6) is 0 Å². The number of nitrogens with one attached hydrogen (secondary N) is 4.